The van der Waals surface area contributed by atoms with E-state index < -0.39 is 0 Å². The van der Waals surface area contributed by atoms with Crippen LogP contribution in [0.3, 0.4) is 0 Å². The maximum Gasteiger partial charge on any atom is 0.319 e. The Morgan fingerprint density at radius 3 is 2.91 bits per heavy atom. The van der Waals surface area contributed by atoms with Crippen LogP contribution >= 0.6 is 0 Å². The van der Waals surface area contributed by atoms with Crippen molar-refractivity contribution >= 4 is 11.7 Å². The van der Waals surface area contributed by atoms with Crippen LogP contribution in [0.1, 0.15) is 17.5 Å². The number of amides is 2. The predicted octanol–water partition coefficient (Wildman–Crippen LogP) is 3.00. The molecule has 0 spiro atoms. The third-order valence-corrected chi connectivity index (χ3v) is 4.01. The number of rotatable bonds is 3. The molecule has 0 fully saturated rings. The van der Waals surface area contributed by atoms with E-state index in [1.807, 2.05) is 12.1 Å². The third kappa shape index (κ3) is 2.62. The van der Waals surface area contributed by atoms with Gasteiger partial charge in [0.15, 0.2) is 0 Å². The van der Waals surface area contributed by atoms with Gasteiger partial charge in [-0.05, 0) is 36.5 Å². The lowest BCUT2D eigenvalue weighted by atomic mass is 9.98. The fourth-order valence-electron chi connectivity index (χ4n) is 2.90. The molecule has 2 N–H and O–H groups in total. The van der Waals surface area contributed by atoms with Crippen molar-refractivity contribution in [2.24, 2.45) is 0 Å². The zero-order valence-corrected chi connectivity index (χ0v) is 12.8. The Hall–Kier alpha value is -2.56. The lowest BCUT2D eigenvalue weighted by molar-refractivity contribution is 0.254. The van der Waals surface area contributed by atoms with E-state index >= 15 is 0 Å². The largest absolute Gasteiger partial charge is 0.495 e. The highest BCUT2D eigenvalue weighted by Gasteiger charge is 2.20. The highest BCUT2D eigenvalue weighted by Crippen LogP contribution is 2.38. The molecule has 0 saturated heterocycles. The number of fused-ring (bicyclic) bond motifs is 1. The Bertz CT molecular complexity index is 713. The smallest absolute Gasteiger partial charge is 0.319 e. The number of carbonyl (C=O) groups excluding carboxylic acids is 1. The average Bonchev–Trinajstić information content (AvgIpc) is 3.04. The van der Waals surface area contributed by atoms with Crippen molar-refractivity contribution in [2.75, 3.05) is 19.5 Å². The number of aromatic nitrogens is 1. The van der Waals surface area contributed by atoms with Gasteiger partial charge in [-0.2, -0.15) is 0 Å². The van der Waals surface area contributed by atoms with Crippen LogP contribution in [0, 0.1) is 0 Å². The number of carbonyl (C=O) groups is 1. The van der Waals surface area contributed by atoms with Gasteiger partial charge >= 0.3 is 6.03 Å². The number of ether oxygens (including phenoxy) is 1. The van der Waals surface area contributed by atoms with Gasteiger partial charge in [-0.25, -0.2) is 4.79 Å². The van der Waals surface area contributed by atoms with Crippen LogP contribution in [0.15, 0.2) is 30.6 Å². The molecule has 1 aromatic heterocycles. The molecule has 2 amide bonds. The van der Waals surface area contributed by atoms with Gasteiger partial charge < -0.3 is 15.4 Å². The van der Waals surface area contributed by atoms with Crippen molar-refractivity contribution in [3.63, 3.8) is 0 Å². The molecule has 22 heavy (non-hydrogen) atoms. The van der Waals surface area contributed by atoms with Crippen LogP contribution in [-0.2, 0) is 12.8 Å². The first kappa shape index (κ1) is 14.4. The van der Waals surface area contributed by atoms with E-state index in [2.05, 4.69) is 21.7 Å². The van der Waals surface area contributed by atoms with Gasteiger partial charge in [0.1, 0.15) is 5.75 Å². The summed E-state index contributed by atoms with van der Waals surface area (Å²) in [6.45, 7) is 0. The number of hydrogen-bond donors (Lipinski definition) is 2. The molecule has 114 valence electrons. The number of benzene rings is 1. The van der Waals surface area contributed by atoms with Gasteiger partial charge in [0.25, 0.3) is 0 Å². The molecule has 2 aromatic rings. The van der Waals surface area contributed by atoms with Crippen molar-refractivity contribution in [1.82, 2.24) is 10.3 Å². The molecular weight excluding hydrogens is 278 g/mol. The van der Waals surface area contributed by atoms with Gasteiger partial charge in [0.05, 0.1) is 19.0 Å². The Balaban J connectivity index is 2.12. The number of methoxy groups -OCH3 is 1. The quantitative estimate of drug-likeness (QED) is 0.915. The number of hydrogen-bond acceptors (Lipinski definition) is 3. The second kappa shape index (κ2) is 6.05. The number of anilines is 1. The SMILES string of the molecule is CNC(=O)Nc1c(-c2cncc(OC)c2)ccc2c1CCC2. The van der Waals surface area contributed by atoms with Gasteiger partial charge in [-0.3, -0.25) is 4.98 Å². The van der Waals surface area contributed by atoms with Crippen LogP contribution in [-0.4, -0.2) is 25.2 Å². The highest BCUT2D eigenvalue weighted by atomic mass is 16.5. The van der Waals surface area contributed by atoms with Gasteiger partial charge in [0.2, 0.25) is 0 Å². The van der Waals surface area contributed by atoms with Crippen LogP contribution in [0.2, 0.25) is 0 Å². The second-order valence-electron chi connectivity index (χ2n) is 5.30. The summed E-state index contributed by atoms with van der Waals surface area (Å²) in [4.78, 5) is 16.0. The van der Waals surface area contributed by atoms with E-state index in [1.165, 1.54) is 11.1 Å². The van der Waals surface area contributed by atoms with Crippen molar-refractivity contribution in [3.8, 4) is 16.9 Å². The molecule has 1 aliphatic carbocycles. The minimum atomic E-state index is -0.211. The average molecular weight is 297 g/mol. The first-order chi connectivity index (χ1) is 10.7. The molecule has 0 radical (unpaired) electrons. The number of aryl methyl sites for hydroxylation is 1. The summed E-state index contributed by atoms with van der Waals surface area (Å²) in [5.74, 6) is 0.698. The molecule has 0 saturated carbocycles. The van der Waals surface area contributed by atoms with E-state index in [-0.39, 0.29) is 6.03 Å². The number of nitrogens with zero attached hydrogens (tertiary/aromatic N) is 1. The highest BCUT2D eigenvalue weighted by molar-refractivity contribution is 5.96. The Labute approximate surface area is 129 Å². The van der Waals surface area contributed by atoms with Crippen molar-refractivity contribution in [3.05, 3.63) is 41.7 Å². The van der Waals surface area contributed by atoms with E-state index in [0.29, 0.717) is 5.75 Å². The maximum atomic E-state index is 11.8. The monoisotopic (exact) mass is 297 g/mol. The zero-order chi connectivity index (χ0) is 15.5. The standard InChI is InChI=1S/C17H19N3O2/c1-18-17(21)20-16-14-5-3-4-11(14)6-7-15(16)12-8-13(22-2)10-19-9-12/h6-10H,3-5H2,1-2H3,(H2,18,20,21). The van der Waals surface area contributed by atoms with Crippen LogP contribution < -0.4 is 15.4 Å². The topological polar surface area (TPSA) is 63.2 Å². The lowest BCUT2D eigenvalue weighted by Crippen LogP contribution is -2.25. The third-order valence-electron chi connectivity index (χ3n) is 4.01. The first-order valence-corrected chi connectivity index (χ1v) is 7.36. The lowest BCUT2D eigenvalue weighted by Gasteiger charge is -2.16. The molecule has 1 aliphatic rings. The number of nitrogens with one attached hydrogen (secondary N) is 2. The normalized spacial score (nSPS) is 12.6. The minimum Gasteiger partial charge on any atom is -0.495 e. The van der Waals surface area contributed by atoms with E-state index in [9.17, 15) is 4.79 Å². The van der Waals surface area contributed by atoms with Crippen LogP contribution in [0.5, 0.6) is 5.75 Å². The van der Waals surface area contributed by atoms with Crippen molar-refractivity contribution in [2.45, 2.75) is 19.3 Å². The molecule has 1 aromatic carbocycles. The first-order valence-electron chi connectivity index (χ1n) is 7.36. The minimum absolute atomic E-state index is 0.211. The maximum absolute atomic E-state index is 11.8. The van der Waals surface area contributed by atoms with Gasteiger partial charge in [-0.1, -0.05) is 12.1 Å². The molecule has 1 heterocycles. The zero-order valence-electron chi connectivity index (χ0n) is 12.8. The summed E-state index contributed by atoms with van der Waals surface area (Å²) in [6.07, 6.45) is 6.63. The van der Waals surface area contributed by atoms with Crippen molar-refractivity contribution < 1.29 is 9.53 Å². The Morgan fingerprint density at radius 1 is 1.27 bits per heavy atom. The van der Waals surface area contributed by atoms with Gasteiger partial charge in [-0.15, -0.1) is 0 Å². The fourth-order valence-corrected chi connectivity index (χ4v) is 2.90. The molecule has 0 aliphatic heterocycles. The predicted molar refractivity (Wildman–Crippen MR) is 86.3 cm³/mol. The summed E-state index contributed by atoms with van der Waals surface area (Å²) < 4.78 is 5.25. The van der Waals surface area contributed by atoms with Crippen molar-refractivity contribution in [1.29, 1.82) is 0 Å². The summed E-state index contributed by atoms with van der Waals surface area (Å²) >= 11 is 0. The molecular formula is C17H19N3O2. The summed E-state index contributed by atoms with van der Waals surface area (Å²) in [5, 5.41) is 5.59. The Morgan fingerprint density at radius 2 is 2.14 bits per heavy atom. The molecule has 5 heteroatoms. The van der Waals surface area contributed by atoms with Crippen LogP contribution in [0.25, 0.3) is 11.1 Å². The van der Waals surface area contributed by atoms with E-state index in [1.54, 1.807) is 26.6 Å². The molecule has 0 unspecified atom stereocenters. The molecule has 0 atom stereocenters. The molecule has 3 rings (SSSR count). The summed E-state index contributed by atoms with van der Waals surface area (Å²) in [7, 11) is 3.23. The fraction of sp³-hybridized carbons (Fsp3) is 0.294. The molecule has 0 bridgehead atoms. The molecule has 5 nitrogen and oxygen atoms in total. The van der Waals surface area contributed by atoms with Crippen LogP contribution in [0.4, 0.5) is 10.5 Å². The second-order valence-corrected chi connectivity index (χ2v) is 5.30. The number of urea groups is 1. The Kier molecular flexibility index (Phi) is 3.96. The number of pyridine rings is 1. The van der Waals surface area contributed by atoms with E-state index in [4.69, 9.17) is 4.74 Å². The van der Waals surface area contributed by atoms with E-state index in [0.717, 1.165) is 36.1 Å². The summed E-state index contributed by atoms with van der Waals surface area (Å²) in [6, 6.07) is 5.91. The van der Waals surface area contributed by atoms with Gasteiger partial charge in [0, 0.05) is 24.4 Å². The summed E-state index contributed by atoms with van der Waals surface area (Å²) in [5.41, 5.74) is 5.32.